The van der Waals surface area contributed by atoms with E-state index in [0.29, 0.717) is 95.1 Å². The largest absolute Gasteiger partial charge is 0.379 e. The molecule has 216 valence electrons. The first-order valence-corrected chi connectivity index (χ1v) is 13.1. The number of anilines is 1. The number of nitrogens with zero attached hydrogens (tertiary/aromatic N) is 1. The van der Waals surface area contributed by atoms with Gasteiger partial charge >= 0.3 is 0 Å². The molecule has 0 aliphatic carbocycles. The van der Waals surface area contributed by atoms with E-state index in [2.05, 4.69) is 21.3 Å². The molecule has 0 bridgehead atoms. The number of benzene rings is 1. The number of ether oxygens (including phenoxy) is 3. The highest BCUT2D eigenvalue weighted by Crippen LogP contribution is 2.31. The number of rotatable bonds is 22. The predicted octanol–water partition coefficient (Wildman–Crippen LogP) is -0.202. The van der Waals surface area contributed by atoms with Crippen LogP contribution in [0.1, 0.15) is 42.1 Å². The monoisotopic (exact) mass is 549 g/mol. The van der Waals surface area contributed by atoms with Gasteiger partial charge in [0.1, 0.15) is 6.04 Å². The number of hydrogen-bond donors (Lipinski definition) is 4. The van der Waals surface area contributed by atoms with E-state index in [1.807, 2.05) is 6.92 Å². The Hall–Kier alpha value is -3.39. The van der Waals surface area contributed by atoms with Crippen molar-refractivity contribution < 1.29 is 38.2 Å². The Bertz CT molecular complexity index is 945. The summed E-state index contributed by atoms with van der Waals surface area (Å²) in [5.41, 5.74) is 1.57. The lowest BCUT2D eigenvalue weighted by atomic mass is 10.1. The van der Waals surface area contributed by atoms with Crippen molar-refractivity contribution in [2.24, 2.45) is 0 Å². The molecule has 1 aliphatic heterocycles. The zero-order valence-corrected chi connectivity index (χ0v) is 22.4. The molecule has 0 aromatic heterocycles. The third kappa shape index (κ3) is 11.1. The maximum atomic E-state index is 13.0. The van der Waals surface area contributed by atoms with E-state index in [4.69, 9.17) is 14.2 Å². The van der Waals surface area contributed by atoms with Gasteiger partial charge in [-0.2, -0.15) is 0 Å². The minimum absolute atomic E-state index is 0.125. The zero-order valence-electron chi connectivity index (χ0n) is 22.4. The predicted molar refractivity (Wildman–Crippen MR) is 142 cm³/mol. The highest BCUT2D eigenvalue weighted by molar-refractivity contribution is 6.04. The summed E-state index contributed by atoms with van der Waals surface area (Å²) in [5, 5.41) is 10.7. The molecule has 0 saturated heterocycles. The van der Waals surface area contributed by atoms with Gasteiger partial charge in [-0.25, -0.2) is 0 Å². The van der Waals surface area contributed by atoms with Crippen LogP contribution in [0.4, 0.5) is 5.69 Å². The molecular formula is C26H39N5O8. The van der Waals surface area contributed by atoms with Crippen LogP contribution in [0.25, 0.3) is 0 Å². The summed E-state index contributed by atoms with van der Waals surface area (Å²) >= 11 is 0. The SMILES string of the molecule is CCCC(C(=O)NC=O)N1Cc2c(NC(=O)CCOCCOCCOCCNCCNC=O)cccc2C1=O. The van der Waals surface area contributed by atoms with Gasteiger partial charge in [-0.05, 0) is 18.6 Å². The molecule has 13 nitrogen and oxygen atoms in total. The highest BCUT2D eigenvalue weighted by Gasteiger charge is 2.37. The number of amides is 5. The summed E-state index contributed by atoms with van der Waals surface area (Å²) in [4.78, 5) is 60.1. The van der Waals surface area contributed by atoms with E-state index in [0.717, 1.165) is 0 Å². The van der Waals surface area contributed by atoms with Crippen molar-refractivity contribution in [3.05, 3.63) is 29.3 Å². The fraction of sp³-hybridized carbons (Fsp3) is 0.577. The highest BCUT2D eigenvalue weighted by atomic mass is 16.5. The molecule has 0 saturated carbocycles. The van der Waals surface area contributed by atoms with E-state index in [-0.39, 0.29) is 31.4 Å². The summed E-state index contributed by atoms with van der Waals surface area (Å²) < 4.78 is 16.3. The molecule has 1 heterocycles. The van der Waals surface area contributed by atoms with Gasteiger partial charge in [0.15, 0.2) is 0 Å². The molecule has 4 N–H and O–H groups in total. The van der Waals surface area contributed by atoms with Crippen LogP contribution in [-0.2, 0) is 39.9 Å². The number of fused-ring (bicyclic) bond motifs is 1. The van der Waals surface area contributed by atoms with Crippen LogP contribution in [-0.4, -0.2) is 101 Å². The van der Waals surface area contributed by atoms with Crippen molar-refractivity contribution in [3.8, 4) is 0 Å². The normalized spacial score (nSPS) is 13.1. The van der Waals surface area contributed by atoms with Crippen LogP contribution in [0.15, 0.2) is 18.2 Å². The van der Waals surface area contributed by atoms with Gasteiger partial charge in [-0.15, -0.1) is 0 Å². The third-order valence-corrected chi connectivity index (χ3v) is 5.88. The Morgan fingerprint density at radius 2 is 1.69 bits per heavy atom. The quantitative estimate of drug-likeness (QED) is 0.113. The summed E-state index contributed by atoms with van der Waals surface area (Å²) in [6.07, 6.45) is 2.16. The Labute approximate surface area is 228 Å². The molecule has 0 fully saturated rings. The van der Waals surface area contributed by atoms with Gasteiger partial charge < -0.3 is 35.1 Å². The number of carbonyl (C=O) groups is 5. The molecule has 1 aromatic carbocycles. The van der Waals surface area contributed by atoms with Gasteiger partial charge in [0.2, 0.25) is 24.6 Å². The van der Waals surface area contributed by atoms with E-state index >= 15 is 0 Å². The van der Waals surface area contributed by atoms with E-state index in [9.17, 15) is 24.0 Å². The maximum absolute atomic E-state index is 13.0. The van der Waals surface area contributed by atoms with Crippen molar-refractivity contribution in [1.82, 2.24) is 20.9 Å². The van der Waals surface area contributed by atoms with Gasteiger partial charge in [-0.3, -0.25) is 29.3 Å². The Morgan fingerprint density at radius 3 is 2.38 bits per heavy atom. The van der Waals surface area contributed by atoms with Gasteiger partial charge in [0, 0.05) is 43.0 Å². The number of hydrogen-bond acceptors (Lipinski definition) is 9. The van der Waals surface area contributed by atoms with Gasteiger partial charge in [0.05, 0.1) is 46.1 Å². The molecular weight excluding hydrogens is 510 g/mol. The van der Waals surface area contributed by atoms with Crippen LogP contribution >= 0.6 is 0 Å². The lowest BCUT2D eigenvalue weighted by molar-refractivity contribution is -0.129. The Kier molecular flexibility index (Phi) is 15.3. The molecule has 0 spiro atoms. The summed E-state index contributed by atoms with van der Waals surface area (Å²) in [5.74, 6) is -1.10. The number of carbonyl (C=O) groups excluding carboxylic acids is 5. The minimum Gasteiger partial charge on any atom is -0.379 e. The molecule has 2 rings (SSSR count). The molecule has 13 heteroatoms. The molecule has 1 aromatic rings. The second-order valence-corrected chi connectivity index (χ2v) is 8.65. The lowest BCUT2D eigenvalue weighted by Gasteiger charge is -2.25. The van der Waals surface area contributed by atoms with E-state index in [1.54, 1.807) is 18.2 Å². The first kappa shape index (κ1) is 31.8. The molecule has 39 heavy (non-hydrogen) atoms. The van der Waals surface area contributed by atoms with Crippen LogP contribution in [0.3, 0.4) is 0 Å². The van der Waals surface area contributed by atoms with Crippen LogP contribution in [0.2, 0.25) is 0 Å². The van der Waals surface area contributed by atoms with Crippen molar-refractivity contribution >= 4 is 36.2 Å². The van der Waals surface area contributed by atoms with Crippen LogP contribution in [0.5, 0.6) is 0 Å². The van der Waals surface area contributed by atoms with Crippen LogP contribution < -0.4 is 21.3 Å². The smallest absolute Gasteiger partial charge is 0.255 e. The van der Waals surface area contributed by atoms with E-state index < -0.39 is 11.9 Å². The fourth-order valence-corrected chi connectivity index (χ4v) is 3.99. The summed E-state index contributed by atoms with van der Waals surface area (Å²) in [6.45, 7) is 6.35. The molecule has 0 radical (unpaired) electrons. The second-order valence-electron chi connectivity index (χ2n) is 8.65. The first-order valence-electron chi connectivity index (χ1n) is 13.1. The molecule has 1 unspecified atom stereocenters. The standard InChI is InChI=1S/C26H39N5O8/c1-2-4-23(25(35)29-19-33)31-17-21-20(26(31)36)5-3-6-22(21)30-24(34)7-11-37-13-15-39-16-14-38-12-10-27-8-9-28-18-32/h3,5-6,18-19,23,27H,2,4,7-17H2,1H3,(H,28,32)(H,30,34)(H,29,33,35). The Balaban J connectivity index is 1.64. The Morgan fingerprint density at radius 1 is 0.974 bits per heavy atom. The molecule has 1 atom stereocenters. The first-order chi connectivity index (χ1) is 19.0. The zero-order chi connectivity index (χ0) is 28.3. The van der Waals surface area contributed by atoms with Gasteiger partial charge in [-0.1, -0.05) is 19.4 Å². The summed E-state index contributed by atoms with van der Waals surface area (Å²) in [6, 6.07) is 4.28. The topological polar surface area (TPSA) is 164 Å². The van der Waals surface area contributed by atoms with E-state index in [1.165, 1.54) is 4.90 Å². The van der Waals surface area contributed by atoms with Gasteiger partial charge in [0.25, 0.3) is 5.91 Å². The number of imide groups is 1. The molecule has 1 aliphatic rings. The van der Waals surface area contributed by atoms with Crippen molar-refractivity contribution in [3.63, 3.8) is 0 Å². The third-order valence-electron chi connectivity index (χ3n) is 5.88. The fourth-order valence-electron chi connectivity index (χ4n) is 3.99. The summed E-state index contributed by atoms with van der Waals surface area (Å²) in [7, 11) is 0. The second kappa shape index (κ2) is 18.8. The van der Waals surface area contributed by atoms with Crippen molar-refractivity contribution in [2.75, 3.05) is 64.6 Å². The average molecular weight is 550 g/mol. The minimum atomic E-state index is -0.773. The molecule has 5 amide bonds. The van der Waals surface area contributed by atoms with Crippen LogP contribution in [0, 0.1) is 0 Å². The lowest BCUT2D eigenvalue weighted by Crippen LogP contribution is -2.46. The average Bonchev–Trinajstić information content (AvgIpc) is 3.26. The number of nitrogens with one attached hydrogen (secondary N) is 4. The van der Waals surface area contributed by atoms with Crippen molar-refractivity contribution in [1.29, 1.82) is 0 Å². The maximum Gasteiger partial charge on any atom is 0.255 e. The van der Waals surface area contributed by atoms with Crippen molar-refractivity contribution in [2.45, 2.75) is 38.8 Å².